The monoisotopic (exact) mass is 379 g/mol. The molecule has 0 amide bonds. The fraction of sp³-hybridized carbons (Fsp3) is 0.222. The van der Waals surface area contributed by atoms with Crippen LogP contribution in [0.25, 0.3) is 6.08 Å². The second-order valence-electron chi connectivity index (χ2n) is 6.16. The fourth-order valence-corrected chi connectivity index (χ4v) is 4.57. The van der Waals surface area contributed by atoms with Crippen LogP contribution in [0, 0.1) is 5.82 Å². The largest absolute Gasteiger partial charge is 0.486 e. The van der Waals surface area contributed by atoms with Crippen LogP contribution in [0.1, 0.15) is 22.6 Å². The molecule has 130 valence electrons. The van der Waals surface area contributed by atoms with Crippen molar-refractivity contribution >= 4 is 27.7 Å². The highest BCUT2D eigenvalue weighted by Gasteiger charge is 2.29. The summed E-state index contributed by atoms with van der Waals surface area (Å²) in [6.45, 7) is 0.197. The van der Waals surface area contributed by atoms with Crippen LogP contribution in [0.15, 0.2) is 41.3 Å². The molecule has 1 atom stereocenters. The second kappa shape index (κ2) is 6.12. The number of hydrogen-bond donors (Lipinski definition) is 1. The van der Waals surface area contributed by atoms with Crippen molar-refractivity contribution in [3.63, 3.8) is 0 Å². The molecular weight excluding hydrogens is 365 g/mol. The number of rotatable bonds is 4. The lowest BCUT2D eigenvalue weighted by molar-refractivity contribution is 0.352. The summed E-state index contributed by atoms with van der Waals surface area (Å²) in [5, 5.41) is 0.127. The Morgan fingerprint density at radius 1 is 1.28 bits per heavy atom. The van der Waals surface area contributed by atoms with Crippen molar-refractivity contribution in [1.82, 2.24) is 4.72 Å². The highest BCUT2D eigenvalue weighted by Crippen LogP contribution is 2.36. The summed E-state index contributed by atoms with van der Waals surface area (Å²) in [6, 6.07) is 10.3. The molecule has 2 aromatic rings. The first-order valence-electron chi connectivity index (χ1n) is 7.84. The summed E-state index contributed by atoms with van der Waals surface area (Å²) in [4.78, 5) is 0.0641. The lowest BCUT2D eigenvalue weighted by atomic mass is 9.78. The maximum absolute atomic E-state index is 13.5. The average Bonchev–Trinajstić information content (AvgIpc) is 2.55. The molecule has 2 aliphatic rings. The Morgan fingerprint density at radius 2 is 2.08 bits per heavy atom. The van der Waals surface area contributed by atoms with Gasteiger partial charge in [-0.05, 0) is 35.8 Å². The van der Waals surface area contributed by atoms with Crippen molar-refractivity contribution in [1.29, 1.82) is 0 Å². The van der Waals surface area contributed by atoms with Crippen molar-refractivity contribution < 1.29 is 17.5 Å². The lowest BCUT2D eigenvalue weighted by Gasteiger charge is -2.30. The third-order valence-corrected chi connectivity index (χ3v) is 6.29. The summed E-state index contributed by atoms with van der Waals surface area (Å²) in [6.07, 6.45) is 2.27. The highest BCUT2D eigenvalue weighted by molar-refractivity contribution is 7.93. The van der Waals surface area contributed by atoms with E-state index in [1.54, 1.807) is 0 Å². The van der Waals surface area contributed by atoms with Crippen LogP contribution in [0.4, 0.5) is 4.39 Å². The van der Waals surface area contributed by atoms with Gasteiger partial charge in [-0.15, -0.1) is 0 Å². The van der Waals surface area contributed by atoms with E-state index in [1.807, 2.05) is 24.3 Å². The molecule has 1 aliphatic heterocycles. The molecule has 1 N–H and O–H groups in total. The molecule has 0 radical (unpaired) electrons. The van der Waals surface area contributed by atoms with Crippen molar-refractivity contribution in [2.75, 3.05) is 13.2 Å². The van der Waals surface area contributed by atoms with Gasteiger partial charge in [0.15, 0.2) is 0 Å². The molecule has 4 rings (SSSR count). The van der Waals surface area contributed by atoms with Crippen molar-refractivity contribution in [3.8, 4) is 5.75 Å². The molecule has 4 nitrogen and oxygen atoms in total. The van der Waals surface area contributed by atoms with E-state index in [0.717, 1.165) is 12.5 Å². The Kier molecular flexibility index (Phi) is 4.06. The van der Waals surface area contributed by atoms with E-state index in [4.69, 9.17) is 16.3 Å². The minimum atomic E-state index is -3.70. The van der Waals surface area contributed by atoms with Gasteiger partial charge in [-0.1, -0.05) is 35.9 Å². The third kappa shape index (κ3) is 3.05. The standard InChI is InChI=1S/C18H15ClFNO3S/c19-17-8-14(20)6-12-7-15(10-24-18(12)17)25(22,23)21-9-13-5-11-3-1-2-4-16(11)13/h1-4,6-8,13,21H,5,9-10H2. The number of halogens is 2. The van der Waals surface area contributed by atoms with Crippen molar-refractivity contribution in [3.05, 3.63) is 68.8 Å². The summed E-state index contributed by atoms with van der Waals surface area (Å²) in [5.74, 6) is -0.0634. The van der Waals surface area contributed by atoms with Gasteiger partial charge in [0.2, 0.25) is 10.0 Å². The van der Waals surface area contributed by atoms with E-state index in [0.29, 0.717) is 17.9 Å². The number of hydrogen-bond acceptors (Lipinski definition) is 3. The molecule has 2 aromatic carbocycles. The smallest absolute Gasteiger partial charge is 0.240 e. The molecule has 0 aromatic heterocycles. The minimum absolute atomic E-state index is 0.0641. The van der Waals surface area contributed by atoms with Gasteiger partial charge in [0, 0.05) is 18.0 Å². The van der Waals surface area contributed by atoms with Crippen LogP contribution in [0.2, 0.25) is 5.02 Å². The number of nitrogens with one attached hydrogen (secondary N) is 1. The van der Waals surface area contributed by atoms with E-state index in [-0.39, 0.29) is 22.5 Å². The zero-order chi connectivity index (χ0) is 17.6. The number of fused-ring (bicyclic) bond motifs is 2. The summed E-state index contributed by atoms with van der Waals surface area (Å²) >= 11 is 5.93. The number of benzene rings is 2. The fourth-order valence-electron chi connectivity index (χ4n) is 3.20. The van der Waals surface area contributed by atoms with Gasteiger partial charge in [0.25, 0.3) is 0 Å². The molecule has 1 heterocycles. The number of sulfonamides is 1. The molecule has 0 saturated carbocycles. The van der Waals surface area contributed by atoms with Gasteiger partial charge in [0.1, 0.15) is 18.2 Å². The first kappa shape index (κ1) is 16.6. The molecule has 7 heteroatoms. The highest BCUT2D eigenvalue weighted by atomic mass is 35.5. The minimum Gasteiger partial charge on any atom is -0.486 e. The van der Waals surface area contributed by atoms with Gasteiger partial charge in [-0.25, -0.2) is 17.5 Å². The Morgan fingerprint density at radius 3 is 2.88 bits per heavy atom. The second-order valence-corrected chi connectivity index (χ2v) is 8.38. The molecule has 0 spiro atoms. The Balaban J connectivity index is 1.52. The molecule has 0 bridgehead atoms. The van der Waals surface area contributed by atoms with Crippen LogP contribution in [-0.4, -0.2) is 21.6 Å². The SMILES string of the molecule is O=S(=O)(NCC1Cc2ccccc21)C1=Cc2cc(F)cc(Cl)c2OC1. The normalized spacial score (nSPS) is 18.5. The third-order valence-electron chi connectivity index (χ3n) is 4.54. The molecule has 0 fully saturated rings. The van der Waals surface area contributed by atoms with E-state index >= 15 is 0 Å². The van der Waals surface area contributed by atoms with Gasteiger partial charge in [-0.3, -0.25) is 0 Å². The van der Waals surface area contributed by atoms with Gasteiger partial charge >= 0.3 is 0 Å². The van der Waals surface area contributed by atoms with Crippen molar-refractivity contribution in [2.45, 2.75) is 12.3 Å². The van der Waals surface area contributed by atoms with Crippen molar-refractivity contribution in [2.24, 2.45) is 0 Å². The van der Waals surface area contributed by atoms with Crippen LogP contribution in [0.3, 0.4) is 0 Å². The van der Waals surface area contributed by atoms with Gasteiger partial charge < -0.3 is 4.74 Å². The van der Waals surface area contributed by atoms with E-state index in [1.165, 1.54) is 23.3 Å². The van der Waals surface area contributed by atoms with Gasteiger partial charge in [0.05, 0.1) is 9.93 Å². The Bertz CT molecular complexity index is 988. The zero-order valence-corrected chi connectivity index (χ0v) is 14.7. The van der Waals surface area contributed by atoms with E-state index < -0.39 is 15.8 Å². The molecular formula is C18H15ClFNO3S. The van der Waals surface area contributed by atoms with Crippen LogP contribution < -0.4 is 9.46 Å². The molecule has 1 unspecified atom stereocenters. The first-order chi connectivity index (χ1) is 11.9. The molecule has 25 heavy (non-hydrogen) atoms. The van der Waals surface area contributed by atoms with Crippen LogP contribution in [0.5, 0.6) is 5.75 Å². The maximum Gasteiger partial charge on any atom is 0.240 e. The number of ether oxygens (including phenoxy) is 1. The predicted molar refractivity (Wildman–Crippen MR) is 94.7 cm³/mol. The average molecular weight is 380 g/mol. The topological polar surface area (TPSA) is 55.4 Å². The molecule has 1 aliphatic carbocycles. The van der Waals surface area contributed by atoms with E-state index in [2.05, 4.69) is 4.72 Å². The summed E-state index contributed by atoms with van der Waals surface area (Å²) in [5.41, 5.74) is 2.76. The Hall–Kier alpha value is -1.89. The quantitative estimate of drug-likeness (QED) is 0.885. The lowest BCUT2D eigenvalue weighted by Crippen LogP contribution is -2.35. The molecule has 0 saturated heterocycles. The van der Waals surface area contributed by atoms with E-state index in [9.17, 15) is 12.8 Å². The first-order valence-corrected chi connectivity index (χ1v) is 9.70. The van der Waals surface area contributed by atoms with Gasteiger partial charge in [-0.2, -0.15) is 0 Å². The predicted octanol–water partition coefficient (Wildman–Crippen LogP) is 3.47. The maximum atomic E-state index is 13.5. The summed E-state index contributed by atoms with van der Waals surface area (Å²) < 4.78 is 46.6. The summed E-state index contributed by atoms with van der Waals surface area (Å²) in [7, 11) is -3.70. The van der Waals surface area contributed by atoms with Crippen LogP contribution >= 0.6 is 11.6 Å². The zero-order valence-electron chi connectivity index (χ0n) is 13.1. The van der Waals surface area contributed by atoms with Crippen LogP contribution in [-0.2, 0) is 16.4 Å². The Labute approximate surface area is 150 Å².